The standard InChI is InChI=1S/C23H14F5NO/c24-18-6-1-14(2-7-18)21(15-3-8-19(25)9-4-15)29-12-11-16-13-17(5-10-20(16)29)22(30)23(26,27)28/h1-13,21H. The molecule has 0 spiro atoms. The van der Waals surface area contributed by atoms with Gasteiger partial charge >= 0.3 is 6.18 Å². The molecule has 0 aliphatic heterocycles. The van der Waals surface area contributed by atoms with Gasteiger partial charge in [-0.05, 0) is 59.7 Å². The Bertz CT molecular complexity index is 1160. The minimum absolute atomic E-state index is 0.413. The normalized spacial score (nSPS) is 11.9. The van der Waals surface area contributed by atoms with Gasteiger partial charge in [-0.15, -0.1) is 0 Å². The summed E-state index contributed by atoms with van der Waals surface area (Å²) in [6.45, 7) is 0. The highest BCUT2D eigenvalue weighted by Crippen LogP contribution is 2.32. The molecule has 0 N–H and O–H groups in total. The number of ketones is 1. The number of aromatic nitrogens is 1. The number of carbonyl (C=O) groups is 1. The van der Waals surface area contributed by atoms with Crippen molar-refractivity contribution in [3.05, 3.63) is 107 Å². The Labute approximate surface area is 168 Å². The minimum atomic E-state index is -4.96. The van der Waals surface area contributed by atoms with Gasteiger partial charge in [0.1, 0.15) is 11.6 Å². The number of Topliss-reactive ketones (excluding diaryl/α,β-unsaturated/α-hetero) is 1. The van der Waals surface area contributed by atoms with Crippen LogP contribution >= 0.6 is 0 Å². The third kappa shape index (κ3) is 3.70. The summed E-state index contributed by atoms with van der Waals surface area (Å²) in [5, 5.41) is 0.444. The molecule has 0 amide bonds. The first-order chi connectivity index (χ1) is 14.2. The molecule has 1 heterocycles. The predicted octanol–water partition coefficient (Wildman–Crippen LogP) is 6.30. The summed E-state index contributed by atoms with van der Waals surface area (Å²) in [5.74, 6) is -2.74. The zero-order valence-electron chi connectivity index (χ0n) is 15.3. The Morgan fingerprint density at radius 1 is 0.767 bits per heavy atom. The molecular weight excluding hydrogens is 401 g/mol. The summed E-state index contributed by atoms with van der Waals surface area (Å²) in [6, 6.07) is 16.5. The SMILES string of the molecule is O=C(c1ccc2c(ccn2C(c2ccc(F)cc2)c2ccc(F)cc2)c1)C(F)(F)F. The van der Waals surface area contributed by atoms with E-state index in [1.165, 1.54) is 36.4 Å². The number of fused-ring (bicyclic) bond motifs is 1. The number of hydrogen-bond donors (Lipinski definition) is 0. The second-order valence-corrected chi connectivity index (χ2v) is 6.83. The molecule has 0 atom stereocenters. The van der Waals surface area contributed by atoms with E-state index in [1.807, 2.05) is 0 Å². The number of hydrogen-bond acceptors (Lipinski definition) is 1. The molecule has 4 aromatic rings. The summed E-state index contributed by atoms with van der Waals surface area (Å²) < 4.78 is 66.9. The summed E-state index contributed by atoms with van der Waals surface area (Å²) in [6.07, 6.45) is -3.29. The molecule has 30 heavy (non-hydrogen) atoms. The fraction of sp³-hybridized carbons (Fsp3) is 0.0870. The Morgan fingerprint density at radius 3 is 1.80 bits per heavy atom. The molecular formula is C23H14F5NO. The Hall–Kier alpha value is -3.48. The highest BCUT2D eigenvalue weighted by Gasteiger charge is 2.39. The molecule has 2 nitrogen and oxygen atoms in total. The van der Waals surface area contributed by atoms with Crippen molar-refractivity contribution < 1.29 is 26.7 Å². The van der Waals surface area contributed by atoms with Crippen LogP contribution in [0.25, 0.3) is 10.9 Å². The maximum absolute atomic E-state index is 13.4. The van der Waals surface area contributed by atoms with Gasteiger partial charge in [-0.2, -0.15) is 13.2 Å². The van der Waals surface area contributed by atoms with Crippen LogP contribution in [0.1, 0.15) is 27.5 Å². The first-order valence-electron chi connectivity index (χ1n) is 8.97. The van der Waals surface area contributed by atoms with Crippen LogP contribution in [0.2, 0.25) is 0 Å². The Morgan fingerprint density at radius 2 is 1.30 bits per heavy atom. The molecule has 4 rings (SSSR count). The number of carbonyl (C=O) groups excluding carboxylic acids is 1. The zero-order chi connectivity index (χ0) is 21.5. The first kappa shape index (κ1) is 19.8. The molecule has 7 heteroatoms. The van der Waals surface area contributed by atoms with Crippen molar-refractivity contribution in [3.63, 3.8) is 0 Å². The first-order valence-corrected chi connectivity index (χ1v) is 8.97. The zero-order valence-corrected chi connectivity index (χ0v) is 15.3. The third-order valence-electron chi connectivity index (χ3n) is 4.89. The molecule has 0 unspecified atom stereocenters. The lowest BCUT2D eigenvalue weighted by molar-refractivity contribution is -0.0885. The highest BCUT2D eigenvalue weighted by atomic mass is 19.4. The maximum atomic E-state index is 13.4. The number of rotatable bonds is 4. The number of benzene rings is 3. The van der Waals surface area contributed by atoms with Crippen LogP contribution < -0.4 is 0 Å². The Kier molecular flexibility index (Phi) is 4.89. The van der Waals surface area contributed by atoms with E-state index in [4.69, 9.17) is 0 Å². The molecule has 1 aromatic heterocycles. The lowest BCUT2D eigenvalue weighted by Crippen LogP contribution is -2.22. The van der Waals surface area contributed by atoms with Crippen LogP contribution in [0.4, 0.5) is 22.0 Å². The van der Waals surface area contributed by atoms with Crippen LogP contribution in [0, 0.1) is 11.6 Å². The number of nitrogens with zero attached hydrogens (tertiary/aromatic N) is 1. The van der Waals surface area contributed by atoms with E-state index in [0.29, 0.717) is 22.0 Å². The summed E-state index contributed by atoms with van der Waals surface area (Å²) >= 11 is 0. The van der Waals surface area contributed by atoms with Gasteiger partial charge in [-0.1, -0.05) is 24.3 Å². The van der Waals surface area contributed by atoms with Gasteiger partial charge in [0.25, 0.3) is 5.78 Å². The van der Waals surface area contributed by atoms with E-state index in [-0.39, 0.29) is 0 Å². The fourth-order valence-electron chi connectivity index (χ4n) is 3.50. The van der Waals surface area contributed by atoms with Crippen molar-refractivity contribution in [1.82, 2.24) is 4.57 Å². The quantitative estimate of drug-likeness (QED) is 0.283. The maximum Gasteiger partial charge on any atom is 0.454 e. The second-order valence-electron chi connectivity index (χ2n) is 6.83. The summed E-state index contributed by atoms with van der Waals surface area (Å²) in [5.41, 5.74) is 1.53. The monoisotopic (exact) mass is 415 g/mol. The van der Waals surface area contributed by atoms with Crippen molar-refractivity contribution in [3.8, 4) is 0 Å². The lowest BCUT2D eigenvalue weighted by atomic mass is 9.98. The van der Waals surface area contributed by atoms with Crippen LogP contribution in [0.15, 0.2) is 79.0 Å². The molecule has 0 bridgehead atoms. The number of alkyl halides is 3. The van der Waals surface area contributed by atoms with Gasteiger partial charge in [0.15, 0.2) is 0 Å². The lowest BCUT2D eigenvalue weighted by Gasteiger charge is -2.22. The molecule has 0 aliphatic rings. The van der Waals surface area contributed by atoms with E-state index in [2.05, 4.69) is 0 Å². The summed E-state index contributed by atoms with van der Waals surface area (Å²) in [4.78, 5) is 11.6. The molecule has 152 valence electrons. The van der Waals surface area contributed by atoms with E-state index in [1.54, 1.807) is 41.1 Å². The van der Waals surface area contributed by atoms with E-state index < -0.39 is 35.2 Å². The van der Waals surface area contributed by atoms with Crippen molar-refractivity contribution >= 4 is 16.7 Å². The van der Waals surface area contributed by atoms with Gasteiger partial charge in [-0.25, -0.2) is 8.78 Å². The molecule has 0 saturated heterocycles. The van der Waals surface area contributed by atoms with Crippen molar-refractivity contribution in [2.24, 2.45) is 0 Å². The van der Waals surface area contributed by atoms with Crippen LogP contribution in [0.3, 0.4) is 0 Å². The largest absolute Gasteiger partial charge is 0.454 e. The molecule has 0 saturated carbocycles. The minimum Gasteiger partial charge on any atom is -0.336 e. The van der Waals surface area contributed by atoms with Gasteiger partial charge < -0.3 is 4.57 Å². The molecule has 3 aromatic carbocycles. The van der Waals surface area contributed by atoms with Crippen LogP contribution in [-0.4, -0.2) is 16.5 Å². The van der Waals surface area contributed by atoms with E-state index >= 15 is 0 Å². The van der Waals surface area contributed by atoms with Gasteiger partial charge in [0, 0.05) is 22.7 Å². The predicted molar refractivity (Wildman–Crippen MR) is 102 cm³/mol. The van der Waals surface area contributed by atoms with Crippen molar-refractivity contribution in [1.29, 1.82) is 0 Å². The topological polar surface area (TPSA) is 22.0 Å². The third-order valence-corrected chi connectivity index (χ3v) is 4.89. The van der Waals surface area contributed by atoms with Crippen LogP contribution in [-0.2, 0) is 0 Å². The van der Waals surface area contributed by atoms with Gasteiger partial charge in [-0.3, -0.25) is 4.79 Å². The van der Waals surface area contributed by atoms with Gasteiger partial charge in [0.05, 0.1) is 6.04 Å². The average molecular weight is 415 g/mol. The molecule has 0 aliphatic carbocycles. The van der Waals surface area contributed by atoms with Crippen LogP contribution in [0.5, 0.6) is 0 Å². The Balaban J connectivity index is 1.85. The molecule has 0 radical (unpaired) electrons. The summed E-state index contributed by atoms with van der Waals surface area (Å²) in [7, 11) is 0. The van der Waals surface area contributed by atoms with Crippen molar-refractivity contribution in [2.45, 2.75) is 12.2 Å². The second kappa shape index (κ2) is 7.40. The van der Waals surface area contributed by atoms with Gasteiger partial charge in [0.2, 0.25) is 0 Å². The highest BCUT2D eigenvalue weighted by molar-refractivity contribution is 6.03. The smallest absolute Gasteiger partial charge is 0.336 e. The van der Waals surface area contributed by atoms with E-state index in [0.717, 1.165) is 6.07 Å². The number of halogens is 5. The van der Waals surface area contributed by atoms with E-state index in [9.17, 15) is 26.7 Å². The molecule has 0 fully saturated rings. The fourth-order valence-corrected chi connectivity index (χ4v) is 3.50. The van der Waals surface area contributed by atoms with Crippen molar-refractivity contribution in [2.75, 3.05) is 0 Å². The average Bonchev–Trinajstić information content (AvgIpc) is 3.12.